The van der Waals surface area contributed by atoms with E-state index < -0.39 is 17.6 Å². The third-order valence-corrected chi connectivity index (χ3v) is 3.61. The first-order valence-electron chi connectivity index (χ1n) is 7.18. The van der Waals surface area contributed by atoms with Gasteiger partial charge >= 0.3 is 6.18 Å². The number of anilines is 1. The summed E-state index contributed by atoms with van der Waals surface area (Å²) in [5.41, 5.74) is -0.0642. The van der Waals surface area contributed by atoms with Crippen molar-refractivity contribution in [1.82, 2.24) is 0 Å². The molecular weight excluding hydrogens is 343 g/mol. The molecule has 128 valence electrons. The minimum absolute atomic E-state index is 0.0188. The van der Waals surface area contributed by atoms with E-state index in [1.54, 1.807) is 12.1 Å². The van der Waals surface area contributed by atoms with Crippen molar-refractivity contribution >= 4 is 23.2 Å². The lowest BCUT2D eigenvalue weighted by atomic mass is 10.1. The topological polar surface area (TPSA) is 38.3 Å². The van der Waals surface area contributed by atoms with Crippen LogP contribution in [-0.4, -0.2) is 12.5 Å². The zero-order valence-corrected chi connectivity index (χ0v) is 13.5. The molecule has 3 nitrogen and oxygen atoms in total. The van der Waals surface area contributed by atoms with Gasteiger partial charge in [-0.1, -0.05) is 36.7 Å². The van der Waals surface area contributed by atoms with E-state index in [1.807, 2.05) is 19.1 Å². The Balaban J connectivity index is 2.05. The number of carbonyl (C=O) groups excluding carboxylic acids is 1. The third-order valence-electron chi connectivity index (χ3n) is 3.28. The Morgan fingerprint density at radius 1 is 1.21 bits per heavy atom. The van der Waals surface area contributed by atoms with Gasteiger partial charge in [0, 0.05) is 0 Å². The van der Waals surface area contributed by atoms with Gasteiger partial charge < -0.3 is 10.1 Å². The molecule has 0 heterocycles. The van der Waals surface area contributed by atoms with Crippen LogP contribution in [0.2, 0.25) is 5.02 Å². The Bertz CT molecular complexity index is 732. The van der Waals surface area contributed by atoms with E-state index in [0.29, 0.717) is 5.75 Å². The summed E-state index contributed by atoms with van der Waals surface area (Å²) in [4.78, 5) is 11.9. The van der Waals surface area contributed by atoms with E-state index in [2.05, 4.69) is 5.32 Å². The number of ether oxygens (including phenoxy) is 1. The fourth-order valence-electron chi connectivity index (χ4n) is 2.06. The van der Waals surface area contributed by atoms with Gasteiger partial charge in [-0.05, 0) is 36.2 Å². The Kier molecular flexibility index (Phi) is 5.72. The van der Waals surface area contributed by atoms with Crippen molar-refractivity contribution in [1.29, 1.82) is 0 Å². The summed E-state index contributed by atoms with van der Waals surface area (Å²) < 4.78 is 43.6. The molecule has 0 unspecified atom stereocenters. The Labute approximate surface area is 142 Å². The van der Waals surface area contributed by atoms with Crippen LogP contribution in [0.15, 0.2) is 42.5 Å². The Morgan fingerprint density at radius 3 is 2.58 bits per heavy atom. The van der Waals surface area contributed by atoms with Gasteiger partial charge in [0.25, 0.3) is 5.91 Å². The standard InChI is InChI=1S/C17H15ClF3NO2/c1-2-11-5-3-4-6-15(11)24-10-16(23)22-14-9-12(17(19,20)21)7-8-13(14)18/h3-9H,2,10H2,1H3,(H,22,23). The van der Waals surface area contributed by atoms with Crippen LogP contribution >= 0.6 is 11.6 Å². The second-order valence-electron chi connectivity index (χ2n) is 4.99. The van der Waals surface area contributed by atoms with Crippen LogP contribution in [0.4, 0.5) is 18.9 Å². The maximum Gasteiger partial charge on any atom is 0.416 e. The van der Waals surface area contributed by atoms with Gasteiger partial charge in [-0.2, -0.15) is 13.2 Å². The second kappa shape index (κ2) is 7.57. The summed E-state index contributed by atoms with van der Waals surface area (Å²) >= 11 is 5.83. The molecule has 0 spiro atoms. The molecule has 2 rings (SSSR count). The molecule has 0 aliphatic rings. The van der Waals surface area contributed by atoms with Crippen molar-refractivity contribution < 1.29 is 22.7 Å². The van der Waals surface area contributed by atoms with E-state index in [0.717, 1.165) is 30.2 Å². The van der Waals surface area contributed by atoms with E-state index >= 15 is 0 Å². The van der Waals surface area contributed by atoms with Gasteiger partial charge in [-0.25, -0.2) is 0 Å². The molecular formula is C17H15ClF3NO2. The maximum atomic E-state index is 12.7. The quantitative estimate of drug-likeness (QED) is 0.823. The molecule has 7 heteroatoms. The lowest BCUT2D eigenvalue weighted by Crippen LogP contribution is -2.21. The molecule has 0 aliphatic carbocycles. The lowest BCUT2D eigenvalue weighted by Gasteiger charge is -2.13. The third kappa shape index (κ3) is 4.64. The molecule has 0 saturated carbocycles. The first-order chi connectivity index (χ1) is 11.3. The number of carbonyl (C=O) groups is 1. The zero-order chi connectivity index (χ0) is 17.7. The summed E-state index contributed by atoms with van der Waals surface area (Å²) in [6.07, 6.45) is -3.78. The number of aryl methyl sites for hydroxylation is 1. The number of hydrogen-bond donors (Lipinski definition) is 1. The molecule has 0 fully saturated rings. The van der Waals surface area contributed by atoms with Crippen LogP contribution in [0.3, 0.4) is 0 Å². The van der Waals surface area contributed by atoms with Crippen molar-refractivity contribution in [3.05, 3.63) is 58.6 Å². The molecule has 0 aliphatic heterocycles. The minimum Gasteiger partial charge on any atom is -0.483 e. The number of halogens is 4. The SMILES string of the molecule is CCc1ccccc1OCC(=O)Nc1cc(C(F)(F)F)ccc1Cl. The van der Waals surface area contributed by atoms with Crippen molar-refractivity contribution in [2.75, 3.05) is 11.9 Å². The summed E-state index contributed by atoms with van der Waals surface area (Å²) in [6.45, 7) is 1.62. The fraction of sp³-hybridized carbons (Fsp3) is 0.235. The first-order valence-corrected chi connectivity index (χ1v) is 7.56. The van der Waals surface area contributed by atoms with Crippen LogP contribution in [0, 0.1) is 0 Å². The fourth-order valence-corrected chi connectivity index (χ4v) is 2.23. The molecule has 0 bridgehead atoms. The van der Waals surface area contributed by atoms with Gasteiger partial charge in [0.15, 0.2) is 6.61 Å². The first kappa shape index (κ1) is 18.1. The van der Waals surface area contributed by atoms with Crippen molar-refractivity contribution in [3.8, 4) is 5.75 Å². The van der Waals surface area contributed by atoms with Gasteiger partial charge in [0.1, 0.15) is 5.75 Å². The molecule has 1 amide bonds. The highest BCUT2D eigenvalue weighted by Crippen LogP contribution is 2.33. The summed E-state index contributed by atoms with van der Waals surface area (Å²) in [6, 6.07) is 9.96. The van der Waals surface area contributed by atoms with Crippen LogP contribution in [0.25, 0.3) is 0 Å². The molecule has 2 aromatic rings. The Hall–Kier alpha value is -2.21. The molecule has 1 N–H and O–H groups in total. The number of para-hydroxylation sites is 1. The van der Waals surface area contributed by atoms with Crippen molar-refractivity contribution in [2.45, 2.75) is 19.5 Å². The number of benzene rings is 2. The average molecular weight is 358 g/mol. The van der Waals surface area contributed by atoms with E-state index in [1.165, 1.54) is 0 Å². The van der Waals surface area contributed by atoms with Gasteiger partial charge in [-0.3, -0.25) is 4.79 Å². The molecule has 0 atom stereocenters. The number of alkyl halides is 3. The van der Waals surface area contributed by atoms with Gasteiger partial charge in [0.2, 0.25) is 0 Å². The number of amides is 1. The summed E-state index contributed by atoms with van der Waals surface area (Å²) in [5.74, 6) is -0.0348. The zero-order valence-electron chi connectivity index (χ0n) is 12.8. The molecule has 24 heavy (non-hydrogen) atoms. The van der Waals surface area contributed by atoms with E-state index in [-0.39, 0.29) is 17.3 Å². The van der Waals surface area contributed by atoms with E-state index in [4.69, 9.17) is 16.3 Å². The highest BCUT2D eigenvalue weighted by Gasteiger charge is 2.31. The monoisotopic (exact) mass is 357 g/mol. The van der Waals surface area contributed by atoms with Crippen LogP contribution < -0.4 is 10.1 Å². The summed E-state index contributed by atoms with van der Waals surface area (Å²) in [5, 5.41) is 2.35. The van der Waals surface area contributed by atoms with E-state index in [9.17, 15) is 18.0 Å². The molecule has 2 aromatic carbocycles. The highest BCUT2D eigenvalue weighted by atomic mass is 35.5. The molecule has 0 radical (unpaired) electrons. The predicted octanol–water partition coefficient (Wildman–Crippen LogP) is 4.94. The molecule has 0 saturated heterocycles. The highest BCUT2D eigenvalue weighted by molar-refractivity contribution is 6.33. The normalized spacial score (nSPS) is 11.2. The maximum absolute atomic E-state index is 12.7. The van der Waals surface area contributed by atoms with Crippen LogP contribution in [-0.2, 0) is 17.4 Å². The smallest absolute Gasteiger partial charge is 0.416 e. The largest absolute Gasteiger partial charge is 0.483 e. The van der Waals surface area contributed by atoms with Gasteiger partial charge in [-0.15, -0.1) is 0 Å². The Morgan fingerprint density at radius 2 is 1.92 bits per heavy atom. The number of hydrogen-bond acceptors (Lipinski definition) is 2. The van der Waals surface area contributed by atoms with Gasteiger partial charge in [0.05, 0.1) is 16.3 Å². The van der Waals surface area contributed by atoms with Crippen molar-refractivity contribution in [3.63, 3.8) is 0 Å². The average Bonchev–Trinajstić information content (AvgIpc) is 2.54. The van der Waals surface area contributed by atoms with Crippen molar-refractivity contribution in [2.24, 2.45) is 0 Å². The van der Waals surface area contributed by atoms with Crippen LogP contribution in [0.1, 0.15) is 18.1 Å². The summed E-state index contributed by atoms with van der Waals surface area (Å²) in [7, 11) is 0. The second-order valence-corrected chi connectivity index (χ2v) is 5.40. The minimum atomic E-state index is -4.51. The predicted molar refractivity (Wildman–Crippen MR) is 86.4 cm³/mol. The number of rotatable bonds is 5. The van der Waals surface area contributed by atoms with Crippen LogP contribution in [0.5, 0.6) is 5.75 Å². The number of nitrogens with one attached hydrogen (secondary N) is 1. The molecule has 0 aromatic heterocycles. The lowest BCUT2D eigenvalue weighted by molar-refractivity contribution is -0.137.